The van der Waals surface area contributed by atoms with Crippen molar-refractivity contribution in [2.45, 2.75) is 0 Å². The molecular weight excluding hydrogens is 343 g/mol. The van der Waals surface area contributed by atoms with Gasteiger partial charge in [0.05, 0.1) is 9.90 Å². The predicted molar refractivity (Wildman–Crippen MR) is 73.3 cm³/mol. The molecule has 0 fully saturated rings. The van der Waals surface area contributed by atoms with Gasteiger partial charge in [0.25, 0.3) is 0 Å². The molecule has 0 spiro atoms. The largest absolute Gasteiger partial charge is 0.481 e. The number of ether oxygens (including phenoxy) is 1. The summed E-state index contributed by atoms with van der Waals surface area (Å²) in [6.45, 7) is -0.250. The fourth-order valence-electron chi connectivity index (χ4n) is 1.32. The minimum atomic E-state index is -0.583. The average molecular weight is 350 g/mol. The highest BCUT2D eigenvalue weighted by Gasteiger charge is 2.15. The highest BCUT2D eigenvalue weighted by molar-refractivity contribution is 9.10. The zero-order valence-electron chi connectivity index (χ0n) is 8.95. The van der Waals surface area contributed by atoms with E-state index >= 15 is 0 Å². The monoisotopic (exact) mass is 348 g/mol. The number of para-hydroxylation sites is 1. The van der Waals surface area contributed by atoms with E-state index in [9.17, 15) is 9.18 Å². The molecule has 0 radical (unpaired) electrons. The van der Waals surface area contributed by atoms with Gasteiger partial charge >= 0.3 is 0 Å². The quantitative estimate of drug-likeness (QED) is 0.756. The summed E-state index contributed by atoms with van der Waals surface area (Å²) in [5.41, 5.74) is 0. The van der Waals surface area contributed by atoms with Gasteiger partial charge in [0.15, 0.2) is 18.2 Å². The molecule has 1 aromatic heterocycles. The van der Waals surface area contributed by atoms with Crippen molar-refractivity contribution in [1.82, 2.24) is 0 Å². The van der Waals surface area contributed by atoms with Crippen molar-refractivity contribution in [2.75, 3.05) is 6.61 Å². The van der Waals surface area contributed by atoms with Crippen molar-refractivity contribution in [3.8, 4) is 5.75 Å². The summed E-state index contributed by atoms with van der Waals surface area (Å²) >= 11 is 10.3. The number of halogens is 3. The molecule has 1 heterocycles. The molecule has 0 amide bonds. The maximum atomic E-state index is 13.4. The maximum absolute atomic E-state index is 13.4. The Morgan fingerprint density at radius 1 is 1.44 bits per heavy atom. The first-order valence-electron chi connectivity index (χ1n) is 4.92. The molecule has 2 rings (SSSR count). The van der Waals surface area contributed by atoms with Gasteiger partial charge in [0.1, 0.15) is 0 Å². The third kappa shape index (κ3) is 2.91. The third-order valence-corrected chi connectivity index (χ3v) is 4.31. The molecule has 0 aliphatic rings. The van der Waals surface area contributed by atoms with Gasteiger partial charge in [-0.1, -0.05) is 17.7 Å². The summed E-state index contributed by atoms with van der Waals surface area (Å²) in [4.78, 5) is 12.4. The zero-order chi connectivity index (χ0) is 13.1. The lowest BCUT2D eigenvalue weighted by Crippen LogP contribution is -2.11. The molecule has 2 aromatic rings. The van der Waals surface area contributed by atoms with Crippen LogP contribution in [0.1, 0.15) is 9.67 Å². The van der Waals surface area contributed by atoms with Gasteiger partial charge in [-0.3, -0.25) is 4.79 Å². The van der Waals surface area contributed by atoms with Crippen molar-refractivity contribution >= 4 is 44.7 Å². The number of carbonyl (C=O) groups is 1. The van der Waals surface area contributed by atoms with Gasteiger partial charge in [-0.05, 0) is 39.5 Å². The van der Waals surface area contributed by atoms with Crippen LogP contribution in [0.5, 0.6) is 5.75 Å². The topological polar surface area (TPSA) is 26.3 Å². The number of carbonyl (C=O) groups excluding carboxylic acids is 1. The molecule has 0 saturated heterocycles. The zero-order valence-corrected chi connectivity index (χ0v) is 12.1. The maximum Gasteiger partial charge on any atom is 0.211 e. The summed E-state index contributed by atoms with van der Waals surface area (Å²) in [5.74, 6) is -0.906. The van der Waals surface area contributed by atoms with Crippen LogP contribution >= 0.6 is 38.9 Å². The second-order valence-corrected chi connectivity index (χ2v) is 5.54. The number of thiophene rings is 1. The minimum Gasteiger partial charge on any atom is -0.481 e. The van der Waals surface area contributed by atoms with E-state index in [4.69, 9.17) is 16.3 Å². The van der Waals surface area contributed by atoms with E-state index in [1.165, 1.54) is 29.5 Å². The number of ketones is 1. The van der Waals surface area contributed by atoms with Crippen LogP contribution in [0.25, 0.3) is 0 Å². The molecule has 0 bridgehead atoms. The van der Waals surface area contributed by atoms with E-state index in [0.29, 0.717) is 9.35 Å². The summed E-state index contributed by atoms with van der Waals surface area (Å²) in [6, 6.07) is 5.98. The van der Waals surface area contributed by atoms with Gasteiger partial charge < -0.3 is 4.74 Å². The first kappa shape index (κ1) is 13.5. The third-order valence-electron chi connectivity index (χ3n) is 2.14. The molecule has 2 nitrogen and oxygen atoms in total. The smallest absolute Gasteiger partial charge is 0.211 e. The molecular formula is C12H7BrClFO2S. The van der Waals surface area contributed by atoms with E-state index in [-0.39, 0.29) is 23.2 Å². The molecule has 0 atom stereocenters. The highest BCUT2D eigenvalue weighted by atomic mass is 79.9. The van der Waals surface area contributed by atoms with Crippen molar-refractivity contribution in [3.05, 3.63) is 49.8 Å². The Hall–Kier alpha value is -0.910. The minimum absolute atomic E-state index is 0.0970. The van der Waals surface area contributed by atoms with Crippen LogP contribution < -0.4 is 4.74 Å². The number of rotatable bonds is 4. The Morgan fingerprint density at radius 2 is 2.22 bits per heavy atom. The summed E-state index contributed by atoms with van der Waals surface area (Å²) < 4.78 is 19.2. The molecule has 0 unspecified atom stereocenters. The van der Waals surface area contributed by atoms with Gasteiger partial charge in [-0.25, -0.2) is 4.39 Å². The standard InChI is InChI=1S/C12H7BrClFO2S/c13-7-4-5-18-12(7)10(16)6-17-11-8(14)2-1-3-9(11)15/h1-5H,6H2. The molecule has 1 aromatic carbocycles. The van der Waals surface area contributed by atoms with E-state index < -0.39 is 5.82 Å². The van der Waals surface area contributed by atoms with E-state index in [2.05, 4.69) is 15.9 Å². The lowest BCUT2D eigenvalue weighted by atomic mass is 10.3. The second kappa shape index (κ2) is 5.82. The summed E-state index contributed by atoms with van der Waals surface area (Å²) in [6.07, 6.45) is 0. The Balaban J connectivity index is 2.09. The van der Waals surface area contributed by atoms with E-state index in [0.717, 1.165) is 0 Å². The van der Waals surface area contributed by atoms with Crippen LogP contribution in [-0.4, -0.2) is 12.4 Å². The summed E-state index contributed by atoms with van der Waals surface area (Å²) in [7, 11) is 0. The van der Waals surface area contributed by atoms with Crippen LogP contribution in [0.2, 0.25) is 5.02 Å². The predicted octanol–water partition coefficient (Wildman–Crippen LogP) is 4.56. The molecule has 18 heavy (non-hydrogen) atoms. The lowest BCUT2D eigenvalue weighted by Gasteiger charge is -2.07. The number of hydrogen-bond acceptors (Lipinski definition) is 3. The second-order valence-electron chi connectivity index (χ2n) is 3.36. The van der Waals surface area contributed by atoms with Crippen molar-refractivity contribution < 1.29 is 13.9 Å². The fourth-order valence-corrected chi connectivity index (χ4v) is 3.05. The van der Waals surface area contributed by atoms with Crippen LogP contribution in [-0.2, 0) is 0 Å². The highest BCUT2D eigenvalue weighted by Crippen LogP contribution is 2.28. The molecule has 94 valence electrons. The van der Waals surface area contributed by atoms with Gasteiger partial charge in [-0.2, -0.15) is 0 Å². The van der Waals surface area contributed by atoms with Gasteiger partial charge in [0, 0.05) is 4.47 Å². The van der Waals surface area contributed by atoms with Crippen LogP contribution in [0, 0.1) is 5.82 Å². The first-order chi connectivity index (χ1) is 8.59. The van der Waals surface area contributed by atoms with Crippen molar-refractivity contribution in [3.63, 3.8) is 0 Å². The number of benzene rings is 1. The molecule has 6 heteroatoms. The van der Waals surface area contributed by atoms with Crippen LogP contribution in [0.15, 0.2) is 34.1 Å². The molecule has 0 aliphatic heterocycles. The lowest BCUT2D eigenvalue weighted by molar-refractivity contribution is 0.0922. The number of hydrogen-bond donors (Lipinski definition) is 0. The van der Waals surface area contributed by atoms with E-state index in [1.807, 2.05) is 0 Å². The average Bonchev–Trinajstić information content (AvgIpc) is 2.74. The fraction of sp³-hybridized carbons (Fsp3) is 0.0833. The van der Waals surface area contributed by atoms with E-state index in [1.54, 1.807) is 11.4 Å². The Kier molecular flexibility index (Phi) is 4.37. The molecule has 0 aliphatic carbocycles. The first-order valence-corrected chi connectivity index (χ1v) is 6.97. The van der Waals surface area contributed by atoms with Gasteiger partial charge in [0.2, 0.25) is 5.78 Å². The Bertz CT molecular complexity index is 565. The Morgan fingerprint density at radius 3 is 2.83 bits per heavy atom. The van der Waals surface area contributed by atoms with Gasteiger partial charge in [-0.15, -0.1) is 11.3 Å². The van der Waals surface area contributed by atoms with Crippen LogP contribution in [0.3, 0.4) is 0 Å². The molecule has 0 N–H and O–H groups in total. The SMILES string of the molecule is O=C(COc1c(F)cccc1Cl)c1sccc1Br. The van der Waals surface area contributed by atoms with Crippen molar-refractivity contribution in [2.24, 2.45) is 0 Å². The van der Waals surface area contributed by atoms with Crippen molar-refractivity contribution in [1.29, 1.82) is 0 Å². The van der Waals surface area contributed by atoms with Crippen LogP contribution in [0.4, 0.5) is 4.39 Å². The number of Topliss-reactive ketones (excluding diaryl/α,β-unsaturated/α-hetero) is 1. The molecule has 0 saturated carbocycles. The summed E-state index contributed by atoms with van der Waals surface area (Å²) in [5, 5.41) is 1.93. The normalized spacial score (nSPS) is 10.4. The Labute approximate surface area is 120 Å².